The highest BCUT2D eigenvalue weighted by atomic mass is 32.1. The minimum absolute atomic E-state index is 0.135. The molecule has 4 nitrogen and oxygen atoms in total. The Hall–Kier alpha value is -1.14. The lowest BCUT2D eigenvalue weighted by Gasteiger charge is -2.54. The SMILES string of the molecule is O=C(NNC(=S)NC1C2CC3CC(C2)CC1C3)c1cccs1. The second-order valence-corrected chi connectivity index (χ2v) is 8.34. The van der Waals surface area contributed by atoms with Crippen LogP contribution >= 0.6 is 23.6 Å². The zero-order valence-corrected chi connectivity index (χ0v) is 14.0. The number of thiophene rings is 1. The third-order valence-electron chi connectivity index (χ3n) is 5.56. The van der Waals surface area contributed by atoms with Gasteiger partial charge in [0.25, 0.3) is 5.91 Å². The molecule has 22 heavy (non-hydrogen) atoms. The molecule has 0 atom stereocenters. The number of nitrogens with one attached hydrogen (secondary N) is 3. The van der Waals surface area contributed by atoms with Crippen LogP contribution in [0.4, 0.5) is 0 Å². The maximum Gasteiger partial charge on any atom is 0.279 e. The second-order valence-electron chi connectivity index (χ2n) is 6.99. The lowest BCUT2D eigenvalue weighted by Crippen LogP contribution is -2.59. The van der Waals surface area contributed by atoms with Crippen molar-refractivity contribution in [1.82, 2.24) is 16.2 Å². The van der Waals surface area contributed by atoms with Crippen molar-refractivity contribution in [1.29, 1.82) is 0 Å². The first-order chi connectivity index (χ1) is 10.7. The summed E-state index contributed by atoms with van der Waals surface area (Å²) in [5.74, 6) is 3.32. The third kappa shape index (κ3) is 2.74. The minimum Gasteiger partial charge on any atom is -0.358 e. The Labute approximate surface area is 140 Å². The highest BCUT2D eigenvalue weighted by Crippen LogP contribution is 2.53. The van der Waals surface area contributed by atoms with Gasteiger partial charge in [0, 0.05) is 6.04 Å². The normalized spacial score (nSPS) is 35.2. The predicted molar refractivity (Wildman–Crippen MR) is 91.5 cm³/mol. The summed E-state index contributed by atoms with van der Waals surface area (Å²) in [6, 6.07) is 4.16. The number of hydrogen-bond acceptors (Lipinski definition) is 3. The number of hydrogen-bond donors (Lipinski definition) is 3. The van der Waals surface area contributed by atoms with E-state index in [1.165, 1.54) is 43.4 Å². The average Bonchev–Trinajstić information content (AvgIpc) is 3.02. The highest BCUT2D eigenvalue weighted by molar-refractivity contribution is 7.80. The van der Waals surface area contributed by atoms with E-state index < -0.39 is 0 Å². The van der Waals surface area contributed by atoms with Gasteiger partial charge in [0.05, 0.1) is 4.88 Å². The summed E-state index contributed by atoms with van der Waals surface area (Å²) in [5.41, 5.74) is 5.53. The zero-order valence-electron chi connectivity index (χ0n) is 12.4. The van der Waals surface area contributed by atoms with Gasteiger partial charge in [0.1, 0.15) is 0 Å². The van der Waals surface area contributed by atoms with Crippen molar-refractivity contribution in [3.63, 3.8) is 0 Å². The standard InChI is InChI=1S/C16H21N3OS2/c20-15(13-2-1-3-22-13)18-19-16(21)17-14-11-5-9-4-10(7-11)8-12(14)6-9/h1-3,9-12,14H,4-8H2,(H,18,20)(H2,17,19,21). The van der Waals surface area contributed by atoms with Crippen LogP contribution in [0, 0.1) is 23.7 Å². The summed E-state index contributed by atoms with van der Waals surface area (Å²) in [5, 5.41) is 5.90. The Kier molecular flexibility index (Phi) is 3.82. The molecule has 0 spiro atoms. The molecule has 4 fully saturated rings. The van der Waals surface area contributed by atoms with Crippen LogP contribution in [0.15, 0.2) is 17.5 Å². The van der Waals surface area contributed by atoms with E-state index in [-0.39, 0.29) is 5.91 Å². The summed E-state index contributed by atoms with van der Waals surface area (Å²) in [6.45, 7) is 0. The molecule has 5 rings (SSSR count). The van der Waals surface area contributed by atoms with Crippen LogP contribution in [0.1, 0.15) is 41.8 Å². The van der Waals surface area contributed by atoms with Crippen molar-refractivity contribution in [2.45, 2.75) is 38.1 Å². The highest BCUT2D eigenvalue weighted by Gasteiger charge is 2.48. The molecule has 4 bridgehead atoms. The molecule has 0 radical (unpaired) electrons. The second kappa shape index (κ2) is 5.81. The van der Waals surface area contributed by atoms with Crippen molar-refractivity contribution in [3.05, 3.63) is 22.4 Å². The molecular formula is C16H21N3OS2. The molecular weight excluding hydrogens is 314 g/mol. The molecule has 1 aromatic heterocycles. The maximum atomic E-state index is 11.9. The molecule has 118 valence electrons. The van der Waals surface area contributed by atoms with E-state index >= 15 is 0 Å². The van der Waals surface area contributed by atoms with Crippen molar-refractivity contribution < 1.29 is 4.79 Å². The van der Waals surface area contributed by atoms with Crippen LogP contribution in [-0.4, -0.2) is 17.1 Å². The van der Waals surface area contributed by atoms with Gasteiger partial charge in [-0.3, -0.25) is 15.6 Å². The van der Waals surface area contributed by atoms with Crippen LogP contribution in [0.5, 0.6) is 0 Å². The van der Waals surface area contributed by atoms with Gasteiger partial charge < -0.3 is 5.32 Å². The number of carbonyl (C=O) groups excluding carboxylic acids is 1. The van der Waals surface area contributed by atoms with Crippen molar-refractivity contribution in [3.8, 4) is 0 Å². The summed E-state index contributed by atoms with van der Waals surface area (Å²) in [4.78, 5) is 12.6. The van der Waals surface area contributed by atoms with Crippen LogP contribution in [0.2, 0.25) is 0 Å². The van der Waals surface area contributed by atoms with Gasteiger partial charge in [-0.15, -0.1) is 11.3 Å². The van der Waals surface area contributed by atoms with Gasteiger partial charge in [-0.05, 0) is 79.4 Å². The Morgan fingerprint density at radius 2 is 1.77 bits per heavy atom. The largest absolute Gasteiger partial charge is 0.358 e. The number of hydrazine groups is 1. The van der Waals surface area contributed by atoms with E-state index in [1.807, 2.05) is 11.4 Å². The molecule has 1 aromatic rings. The zero-order chi connectivity index (χ0) is 15.1. The minimum atomic E-state index is -0.135. The molecule has 1 heterocycles. The lowest BCUT2D eigenvalue weighted by atomic mass is 9.54. The summed E-state index contributed by atoms with van der Waals surface area (Å²) >= 11 is 6.79. The lowest BCUT2D eigenvalue weighted by molar-refractivity contribution is -0.00699. The fraction of sp³-hybridized carbons (Fsp3) is 0.625. The molecule has 0 aliphatic heterocycles. The Morgan fingerprint density at radius 1 is 1.09 bits per heavy atom. The van der Waals surface area contributed by atoms with Gasteiger partial charge in [0.2, 0.25) is 0 Å². The molecule has 0 unspecified atom stereocenters. The average molecular weight is 335 g/mol. The Balaban J connectivity index is 1.30. The number of amides is 1. The molecule has 0 saturated heterocycles. The number of carbonyl (C=O) groups is 1. The summed E-state index contributed by atoms with van der Waals surface area (Å²) in [6.07, 6.45) is 6.88. The van der Waals surface area contributed by atoms with Crippen LogP contribution in [0.3, 0.4) is 0 Å². The van der Waals surface area contributed by atoms with Crippen molar-refractivity contribution >= 4 is 34.6 Å². The quantitative estimate of drug-likeness (QED) is 0.574. The van der Waals surface area contributed by atoms with Crippen molar-refractivity contribution in [2.75, 3.05) is 0 Å². The first-order valence-corrected chi connectivity index (χ1v) is 9.38. The van der Waals surface area contributed by atoms with E-state index in [2.05, 4.69) is 16.2 Å². The molecule has 4 aliphatic carbocycles. The van der Waals surface area contributed by atoms with Crippen LogP contribution in [0.25, 0.3) is 0 Å². The molecule has 0 aromatic carbocycles. The number of rotatable bonds is 2. The van der Waals surface area contributed by atoms with Crippen LogP contribution in [-0.2, 0) is 0 Å². The fourth-order valence-electron chi connectivity index (χ4n) is 4.93. The van der Waals surface area contributed by atoms with E-state index in [1.54, 1.807) is 6.07 Å². The van der Waals surface area contributed by atoms with E-state index in [9.17, 15) is 4.79 Å². The van der Waals surface area contributed by atoms with Gasteiger partial charge >= 0.3 is 0 Å². The predicted octanol–water partition coefficient (Wildman–Crippen LogP) is 2.68. The van der Waals surface area contributed by atoms with Crippen LogP contribution < -0.4 is 16.2 Å². The van der Waals surface area contributed by atoms with Crippen molar-refractivity contribution in [2.24, 2.45) is 23.7 Å². The molecule has 1 amide bonds. The Bertz CT molecular complexity index is 544. The van der Waals surface area contributed by atoms with Gasteiger partial charge in [-0.2, -0.15) is 0 Å². The van der Waals surface area contributed by atoms with E-state index in [4.69, 9.17) is 12.2 Å². The third-order valence-corrected chi connectivity index (χ3v) is 6.65. The van der Waals surface area contributed by atoms with E-state index in [0.29, 0.717) is 16.0 Å². The summed E-state index contributed by atoms with van der Waals surface area (Å²) in [7, 11) is 0. The topological polar surface area (TPSA) is 53.2 Å². The molecule has 4 saturated carbocycles. The molecule has 4 aliphatic rings. The van der Waals surface area contributed by atoms with Gasteiger partial charge in [-0.1, -0.05) is 6.07 Å². The number of thiocarbonyl (C=S) groups is 1. The summed E-state index contributed by atoms with van der Waals surface area (Å²) < 4.78 is 0. The van der Waals surface area contributed by atoms with E-state index in [0.717, 1.165) is 23.7 Å². The molecule has 3 N–H and O–H groups in total. The van der Waals surface area contributed by atoms with Gasteiger partial charge in [0.15, 0.2) is 5.11 Å². The Morgan fingerprint density at radius 3 is 2.36 bits per heavy atom. The first kappa shape index (κ1) is 14.5. The first-order valence-electron chi connectivity index (χ1n) is 8.09. The smallest absolute Gasteiger partial charge is 0.279 e. The fourth-order valence-corrected chi connectivity index (χ4v) is 5.74. The molecule has 6 heteroatoms. The van der Waals surface area contributed by atoms with Gasteiger partial charge in [-0.25, -0.2) is 0 Å². The maximum absolute atomic E-state index is 11.9. The monoisotopic (exact) mass is 335 g/mol.